The van der Waals surface area contributed by atoms with E-state index in [-0.39, 0.29) is 17.7 Å². The van der Waals surface area contributed by atoms with Gasteiger partial charge in [-0.3, -0.25) is 4.79 Å². The smallest absolute Gasteiger partial charge is 0.292 e. The van der Waals surface area contributed by atoms with Crippen LogP contribution in [-0.4, -0.2) is 41.1 Å². The summed E-state index contributed by atoms with van der Waals surface area (Å²) in [6, 6.07) is 9.65. The molecule has 7 heteroatoms. The van der Waals surface area contributed by atoms with Gasteiger partial charge in [0.15, 0.2) is 5.89 Å². The van der Waals surface area contributed by atoms with E-state index >= 15 is 0 Å². The van der Waals surface area contributed by atoms with E-state index < -0.39 is 0 Å². The van der Waals surface area contributed by atoms with Crippen LogP contribution in [0.2, 0.25) is 0 Å². The molecule has 30 heavy (non-hydrogen) atoms. The molecule has 0 unspecified atom stereocenters. The normalized spacial score (nSPS) is 16.8. The summed E-state index contributed by atoms with van der Waals surface area (Å²) in [4.78, 5) is 19.2. The number of methoxy groups -OCH3 is 1. The molecule has 3 heterocycles. The Morgan fingerprint density at radius 3 is 2.97 bits per heavy atom. The van der Waals surface area contributed by atoms with Gasteiger partial charge in [0, 0.05) is 25.6 Å². The van der Waals surface area contributed by atoms with Gasteiger partial charge in [-0.25, -0.2) is 4.98 Å². The predicted molar refractivity (Wildman–Crippen MR) is 111 cm³/mol. The highest BCUT2D eigenvalue weighted by Gasteiger charge is 2.30. The van der Waals surface area contributed by atoms with Gasteiger partial charge in [0.1, 0.15) is 11.5 Å². The molecule has 4 rings (SSSR count). The SMILES string of the molecule is COc1cccc(Cc2cnc([C@H]3CCCN(C(=O)c4cc(C(C)C)no4)C3)o2)c1. The van der Waals surface area contributed by atoms with Crippen molar-refractivity contribution in [3.05, 3.63) is 65.2 Å². The number of carbonyl (C=O) groups is 1. The van der Waals surface area contributed by atoms with E-state index in [0.717, 1.165) is 35.6 Å². The first kappa shape index (κ1) is 20.2. The highest BCUT2D eigenvalue weighted by Crippen LogP contribution is 2.28. The van der Waals surface area contributed by atoms with E-state index in [1.54, 1.807) is 19.4 Å². The Labute approximate surface area is 176 Å². The number of carbonyl (C=O) groups excluding carboxylic acids is 1. The number of oxazole rings is 1. The summed E-state index contributed by atoms with van der Waals surface area (Å²) < 4.78 is 16.6. The Morgan fingerprint density at radius 1 is 1.33 bits per heavy atom. The summed E-state index contributed by atoms with van der Waals surface area (Å²) in [6.07, 6.45) is 4.27. The molecule has 0 radical (unpaired) electrons. The number of nitrogens with zero attached hydrogens (tertiary/aromatic N) is 3. The molecule has 2 aromatic heterocycles. The van der Waals surface area contributed by atoms with Gasteiger partial charge in [-0.1, -0.05) is 31.1 Å². The van der Waals surface area contributed by atoms with Crippen LogP contribution in [0.3, 0.4) is 0 Å². The first-order valence-electron chi connectivity index (χ1n) is 10.4. The number of ether oxygens (including phenoxy) is 1. The molecular weight excluding hydrogens is 382 g/mol. The number of aromatic nitrogens is 2. The average Bonchev–Trinajstić information content (AvgIpc) is 3.44. The molecule has 0 saturated carbocycles. The largest absolute Gasteiger partial charge is 0.497 e. The molecule has 0 spiro atoms. The highest BCUT2D eigenvalue weighted by molar-refractivity contribution is 5.91. The van der Waals surface area contributed by atoms with Crippen molar-refractivity contribution in [1.82, 2.24) is 15.0 Å². The first-order valence-corrected chi connectivity index (χ1v) is 10.4. The molecule has 1 aliphatic rings. The minimum absolute atomic E-state index is 0.0780. The molecule has 7 nitrogen and oxygen atoms in total. The second-order valence-electron chi connectivity index (χ2n) is 8.05. The molecule has 158 valence electrons. The van der Waals surface area contributed by atoms with Gasteiger partial charge in [-0.15, -0.1) is 0 Å². The maximum Gasteiger partial charge on any atom is 0.292 e. The molecule has 1 aromatic carbocycles. The summed E-state index contributed by atoms with van der Waals surface area (Å²) in [5, 5.41) is 4.00. The Hall–Kier alpha value is -3.09. The molecule has 1 fully saturated rings. The third kappa shape index (κ3) is 4.40. The van der Waals surface area contributed by atoms with Crippen molar-refractivity contribution < 1.29 is 18.5 Å². The van der Waals surface area contributed by atoms with Gasteiger partial charge in [-0.2, -0.15) is 0 Å². The van der Waals surface area contributed by atoms with Crippen molar-refractivity contribution >= 4 is 5.91 Å². The summed E-state index contributed by atoms with van der Waals surface area (Å²) in [6.45, 7) is 5.31. The van der Waals surface area contributed by atoms with Gasteiger partial charge in [0.2, 0.25) is 5.76 Å². The number of rotatable bonds is 6. The second kappa shape index (κ2) is 8.73. The zero-order valence-corrected chi connectivity index (χ0v) is 17.6. The van der Waals surface area contributed by atoms with Crippen LogP contribution in [0, 0.1) is 0 Å². The number of piperidine rings is 1. The zero-order valence-electron chi connectivity index (χ0n) is 17.6. The summed E-state index contributed by atoms with van der Waals surface area (Å²) >= 11 is 0. The van der Waals surface area contributed by atoms with Crippen molar-refractivity contribution in [1.29, 1.82) is 0 Å². The van der Waals surface area contributed by atoms with Gasteiger partial charge in [0.05, 0.1) is 24.9 Å². The second-order valence-corrected chi connectivity index (χ2v) is 8.05. The highest BCUT2D eigenvalue weighted by atomic mass is 16.5. The van der Waals surface area contributed by atoms with Crippen molar-refractivity contribution in [2.45, 2.75) is 44.9 Å². The van der Waals surface area contributed by atoms with Crippen molar-refractivity contribution in [2.24, 2.45) is 0 Å². The van der Waals surface area contributed by atoms with E-state index in [1.165, 1.54) is 0 Å². The quantitative estimate of drug-likeness (QED) is 0.600. The molecule has 0 N–H and O–H groups in total. The van der Waals surface area contributed by atoms with E-state index in [1.807, 2.05) is 43.0 Å². The van der Waals surface area contributed by atoms with Crippen LogP contribution < -0.4 is 4.74 Å². The van der Waals surface area contributed by atoms with Gasteiger partial charge in [0.25, 0.3) is 5.91 Å². The Balaban J connectivity index is 1.42. The number of likely N-dealkylation sites (tertiary alicyclic amines) is 1. The maximum absolute atomic E-state index is 12.8. The fraction of sp³-hybridized carbons (Fsp3) is 0.435. The van der Waals surface area contributed by atoms with Crippen LogP contribution >= 0.6 is 0 Å². The summed E-state index contributed by atoms with van der Waals surface area (Å²) in [5.74, 6) is 2.78. The molecule has 1 aliphatic heterocycles. The predicted octanol–water partition coefficient (Wildman–Crippen LogP) is 4.41. The van der Waals surface area contributed by atoms with E-state index in [0.29, 0.717) is 31.2 Å². The van der Waals surface area contributed by atoms with Gasteiger partial charge >= 0.3 is 0 Å². The fourth-order valence-electron chi connectivity index (χ4n) is 3.76. The fourth-order valence-corrected chi connectivity index (χ4v) is 3.76. The first-order chi connectivity index (χ1) is 14.5. The molecular formula is C23H27N3O4. The minimum atomic E-state index is -0.123. The van der Waals surface area contributed by atoms with E-state index in [4.69, 9.17) is 13.7 Å². The summed E-state index contributed by atoms with van der Waals surface area (Å²) in [5.41, 5.74) is 1.89. The lowest BCUT2D eigenvalue weighted by Crippen LogP contribution is -2.39. The molecule has 0 bridgehead atoms. The van der Waals surface area contributed by atoms with Gasteiger partial charge in [-0.05, 0) is 36.5 Å². The van der Waals surface area contributed by atoms with E-state index in [9.17, 15) is 4.79 Å². The number of benzene rings is 1. The molecule has 1 saturated heterocycles. The Kier molecular flexibility index (Phi) is 5.88. The zero-order chi connectivity index (χ0) is 21.1. The molecule has 0 aliphatic carbocycles. The molecule has 1 atom stereocenters. The number of hydrogen-bond donors (Lipinski definition) is 0. The van der Waals surface area contributed by atoms with Crippen molar-refractivity contribution in [3.8, 4) is 5.75 Å². The van der Waals surface area contributed by atoms with Crippen LogP contribution in [0.1, 0.15) is 72.0 Å². The van der Waals surface area contributed by atoms with Crippen LogP contribution in [0.15, 0.2) is 45.5 Å². The maximum atomic E-state index is 12.8. The number of hydrogen-bond acceptors (Lipinski definition) is 6. The Morgan fingerprint density at radius 2 is 2.20 bits per heavy atom. The monoisotopic (exact) mass is 409 g/mol. The molecule has 3 aromatic rings. The van der Waals surface area contributed by atoms with Crippen molar-refractivity contribution in [3.63, 3.8) is 0 Å². The lowest BCUT2D eigenvalue weighted by atomic mass is 9.97. The third-order valence-corrected chi connectivity index (χ3v) is 5.47. The molecule has 1 amide bonds. The van der Waals surface area contributed by atoms with Crippen LogP contribution in [0.5, 0.6) is 5.75 Å². The van der Waals surface area contributed by atoms with E-state index in [2.05, 4.69) is 10.1 Å². The topological polar surface area (TPSA) is 81.6 Å². The lowest BCUT2D eigenvalue weighted by Gasteiger charge is -2.30. The third-order valence-electron chi connectivity index (χ3n) is 5.47. The van der Waals surface area contributed by atoms with Crippen LogP contribution in [0.4, 0.5) is 0 Å². The minimum Gasteiger partial charge on any atom is -0.497 e. The summed E-state index contributed by atoms with van der Waals surface area (Å²) in [7, 11) is 1.66. The standard InChI is InChI=1S/C23H27N3O4/c1-15(2)20-12-21(30-25-20)23(27)26-9-5-7-17(14-26)22-24-13-19(29-22)11-16-6-4-8-18(10-16)28-3/h4,6,8,10,12-13,15,17H,5,7,9,11,14H2,1-3H3/t17-/m0/s1. The number of amides is 1. The van der Waals surface area contributed by atoms with Crippen LogP contribution in [0.25, 0.3) is 0 Å². The van der Waals surface area contributed by atoms with Crippen molar-refractivity contribution in [2.75, 3.05) is 20.2 Å². The average molecular weight is 409 g/mol. The Bertz CT molecular complexity index is 1010. The van der Waals surface area contributed by atoms with Gasteiger partial charge < -0.3 is 18.6 Å². The van der Waals surface area contributed by atoms with Crippen LogP contribution in [-0.2, 0) is 6.42 Å². The lowest BCUT2D eigenvalue weighted by molar-refractivity contribution is 0.0656.